The Morgan fingerprint density at radius 3 is 2.79 bits per heavy atom. The molecule has 6 nitrogen and oxygen atoms in total. The highest BCUT2D eigenvalue weighted by Crippen LogP contribution is 2.29. The van der Waals surface area contributed by atoms with Crippen molar-refractivity contribution < 1.29 is 4.79 Å². The second kappa shape index (κ2) is 8.26. The van der Waals surface area contributed by atoms with Gasteiger partial charge in [0.15, 0.2) is 0 Å². The third kappa shape index (κ3) is 4.33. The van der Waals surface area contributed by atoms with E-state index < -0.39 is 0 Å². The van der Waals surface area contributed by atoms with Crippen LogP contribution in [0.4, 0.5) is 0 Å². The minimum atomic E-state index is 0.0155. The molecule has 0 radical (unpaired) electrons. The fourth-order valence-corrected chi connectivity index (χ4v) is 3.36. The summed E-state index contributed by atoms with van der Waals surface area (Å²) in [7, 11) is 0. The number of nitrogens with one attached hydrogen (secondary N) is 1. The van der Waals surface area contributed by atoms with Crippen molar-refractivity contribution in [2.45, 2.75) is 31.8 Å². The van der Waals surface area contributed by atoms with E-state index in [1.807, 2.05) is 24.3 Å². The summed E-state index contributed by atoms with van der Waals surface area (Å²) in [6.07, 6.45) is 5.86. The molecule has 1 saturated heterocycles. The van der Waals surface area contributed by atoms with Crippen LogP contribution < -0.4 is 5.32 Å². The Kier molecular flexibility index (Phi) is 5.82. The molecule has 2 aromatic rings. The molecule has 1 N–H and O–H groups in total. The van der Waals surface area contributed by atoms with Gasteiger partial charge in [-0.25, -0.2) is 4.98 Å². The number of hydrogen-bond acceptors (Lipinski definition) is 4. The van der Waals surface area contributed by atoms with Gasteiger partial charge in [-0.3, -0.25) is 14.4 Å². The third-order valence-corrected chi connectivity index (χ3v) is 4.72. The summed E-state index contributed by atoms with van der Waals surface area (Å²) < 4.78 is 1.66. The average molecular weight is 348 g/mol. The number of hydrogen-bond donors (Lipinski definition) is 1. The molecule has 0 spiro atoms. The van der Waals surface area contributed by atoms with E-state index in [9.17, 15) is 4.79 Å². The predicted molar refractivity (Wildman–Crippen MR) is 92.6 cm³/mol. The number of amides is 1. The summed E-state index contributed by atoms with van der Waals surface area (Å²) in [5.74, 6) is 0.0155. The number of aromatic nitrogens is 3. The maximum Gasteiger partial charge on any atom is 0.221 e. The van der Waals surface area contributed by atoms with Crippen LogP contribution in [0.15, 0.2) is 36.9 Å². The van der Waals surface area contributed by atoms with Crippen LogP contribution >= 0.6 is 11.6 Å². The van der Waals surface area contributed by atoms with Crippen LogP contribution in [0.3, 0.4) is 0 Å². The number of carbonyl (C=O) groups is 1. The van der Waals surface area contributed by atoms with Gasteiger partial charge in [-0.1, -0.05) is 29.8 Å². The molecular formula is C17H22ClN5O. The van der Waals surface area contributed by atoms with Gasteiger partial charge in [0.1, 0.15) is 12.7 Å². The lowest BCUT2D eigenvalue weighted by Gasteiger charge is -2.29. The molecule has 1 aliphatic heterocycles. The van der Waals surface area contributed by atoms with Crippen molar-refractivity contribution in [2.24, 2.45) is 0 Å². The summed E-state index contributed by atoms with van der Waals surface area (Å²) in [6.45, 7) is 3.20. The SMILES string of the molecule is O=C(CCn1cncn1)NC[C@@H](c1ccccc1Cl)N1CCCC1. The van der Waals surface area contributed by atoms with Crippen molar-refractivity contribution in [3.63, 3.8) is 0 Å². The van der Waals surface area contributed by atoms with Crippen LogP contribution in [0.25, 0.3) is 0 Å². The lowest BCUT2D eigenvalue weighted by molar-refractivity contribution is -0.121. The zero-order valence-electron chi connectivity index (χ0n) is 13.6. The normalized spacial score (nSPS) is 16.2. The number of halogens is 1. The number of aryl methyl sites for hydroxylation is 1. The Hall–Kier alpha value is -1.92. The van der Waals surface area contributed by atoms with E-state index in [1.54, 1.807) is 11.0 Å². The highest BCUT2D eigenvalue weighted by atomic mass is 35.5. The second-order valence-electron chi connectivity index (χ2n) is 5.99. The fraction of sp³-hybridized carbons (Fsp3) is 0.471. The summed E-state index contributed by atoms with van der Waals surface area (Å²) in [4.78, 5) is 18.4. The minimum absolute atomic E-state index is 0.0155. The van der Waals surface area contributed by atoms with Gasteiger partial charge >= 0.3 is 0 Å². The molecule has 0 aliphatic carbocycles. The molecule has 0 saturated carbocycles. The largest absolute Gasteiger partial charge is 0.354 e. The number of likely N-dealkylation sites (tertiary alicyclic amines) is 1. The van der Waals surface area contributed by atoms with Crippen molar-refractivity contribution in [1.82, 2.24) is 25.0 Å². The highest BCUT2D eigenvalue weighted by Gasteiger charge is 2.25. The first-order valence-electron chi connectivity index (χ1n) is 8.31. The van der Waals surface area contributed by atoms with E-state index in [0.717, 1.165) is 23.7 Å². The predicted octanol–water partition coefficient (Wildman–Crippen LogP) is 2.27. The van der Waals surface area contributed by atoms with Crippen LogP contribution in [0.5, 0.6) is 0 Å². The second-order valence-corrected chi connectivity index (χ2v) is 6.40. The van der Waals surface area contributed by atoms with Gasteiger partial charge in [0.05, 0.1) is 12.6 Å². The molecule has 1 amide bonds. The maximum atomic E-state index is 12.1. The Morgan fingerprint density at radius 2 is 2.08 bits per heavy atom. The molecule has 24 heavy (non-hydrogen) atoms. The van der Waals surface area contributed by atoms with Crippen LogP contribution in [-0.4, -0.2) is 45.2 Å². The molecule has 1 aromatic heterocycles. The Morgan fingerprint density at radius 1 is 1.29 bits per heavy atom. The Bertz CT molecular complexity index is 655. The van der Waals surface area contributed by atoms with Crippen LogP contribution in [0.1, 0.15) is 30.9 Å². The average Bonchev–Trinajstić information content (AvgIpc) is 3.28. The molecule has 1 fully saturated rings. The standard InChI is InChI=1S/C17H22ClN5O/c18-15-6-2-1-5-14(15)16(22-8-3-4-9-22)11-20-17(24)7-10-23-13-19-12-21-23/h1-2,5-6,12-13,16H,3-4,7-11H2,(H,20,24)/t16-/m0/s1. The molecule has 7 heteroatoms. The Labute approximate surface area is 146 Å². The van der Waals surface area contributed by atoms with E-state index in [0.29, 0.717) is 19.5 Å². The zero-order chi connectivity index (χ0) is 16.8. The van der Waals surface area contributed by atoms with Crippen LogP contribution in [-0.2, 0) is 11.3 Å². The van der Waals surface area contributed by atoms with Gasteiger partial charge < -0.3 is 5.32 Å². The van der Waals surface area contributed by atoms with Crippen molar-refractivity contribution in [3.05, 3.63) is 47.5 Å². The minimum Gasteiger partial charge on any atom is -0.354 e. The van der Waals surface area contributed by atoms with Crippen molar-refractivity contribution in [2.75, 3.05) is 19.6 Å². The summed E-state index contributed by atoms with van der Waals surface area (Å²) in [6, 6.07) is 8.01. The number of nitrogens with zero attached hydrogens (tertiary/aromatic N) is 4. The molecule has 128 valence electrons. The smallest absolute Gasteiger partial charge is 0.221 e. The van der Waals surface area contributed by atoms with Gasteiger partial charge in [0, 0.05) is 18.0 Å². The van der Waals surface area contributed by atoms with Crippen molar-refractivity contribution in [3.8, 4) is 0 Å². The van der Waals surface area contributed by atoms with Gasteiger partial charge in [-0.15, -0.1) is 0 Å². The van der Waals surface area contributed by atoms with E-state index in [4.69, 9.17) is 11.6 Å². The molecule has 1 aliphatic rings. The first kappa shape index (κ1) is 16.9. The van der Waals surface area contributed by atoms with Crippen LogP contribution in [0.2, 0.25) is 5.02 Å². The summed E-state index contributed by atoms with van der Waals surface area (Å²) in [5, 5.41) is 7.81. The van der Waals surface area contributed by atoms with Crippen molar-refractivity contribution in [1.29, 1.82) is 0 Å². The third-order valence-electron chi connectivity index (χ3n) is 4.37. The van der Waals surface area contributed by atoms with Crippen LogP contribution in [0, 0.1) is 0 Å². The number of benzene rings is 1. The van der Waals surface area contributed by atoms with Gasteiger partial charge in [-0.2, -0.15) is 5.10 Å². The Balaban J connectivity index is 1.59. The van der Waals surface area contributed by atoms with Gasteiger partial charge in [0.2, 0.25) is 5.91 Å². The van der Waals surface area contributed by atoms with E-state index in [-0.39, 0.29) is 11.9 Å². The first-order valence-corrected chi connectivity index (χ1v) is 8.69. The van der Waals surface area contributed by atoms with Gasteiger partial charge in [-0.05, 0) is 37.6 Å². The lowest BCUT2D eigenvalue weighted by Crippen LogP contribution is -2.37. The highest BCUT2D eigenvalue weighted by molar-refractivity contribution is 6.31. The quantitative estimate of drug-likeness (QED) is 0.834. The fourth-order valence-electron chi connectivity index (χ4n) is 3.10. The molecule has 3 rings (SSSR count). The molecule has 2 heterocycles. The summed E-state index contributed by atoms with van der Waals surface area (Å²) in [5.41, 5.74) is 1.08. The molecular weight excluding hydrogens is 326 g/mol. The maximum absolute atomic E-state index is 12.1. The molecule has 0 unspecified atom stereocenters. The first-order chi connectivity index (χ1) is 11.7. The van der Waals surface area contributed by atoms with E-state index in [2.05, 4.69) is 20.3 Å². The molecule has 1 aromatic carbocycles. The molecule has 0 bridgehead atoms. The number of carbonyl (C=O) groups excluding carboxylic acids is 1. The van der Waals surface area contributed by atoms with E-state index in [1.165, 1.54) is 19.2 Å². The van der Waals surface area contributed by atoms with Gasteiger partial charge in [0.25, 0.3) is 0 Å². The lowest BCUT2D eigenvalue weighted by atomic mass is 10.1. The summed E-state index contributed by atoms with van der Waals surface area (Å²) >= 11 is 6.38. The monoisotopic (exact) mass is 347 g/mol. The zero-order valence-corrected chi connectivity index (χ0v) is 14.3. The number of rotatable bonds is 7. The van der Waals surface area contributed by atoms with E-state index >= 15 is 0 Å². The molecule has 1 atom stereocenters. The van der Waals surface area contributed by atoms with Crippen molar-refractivity contribution >= 4 is 17.5 Å². The topological polar surface area (TPSA) is 63.1 Å².